The Balaban J connectivity index is 0.000000921. The van der Waals surface area contributed by atoms with Crippen LogP contribution in [0.15, 0.2) is 0 Å². The molecule has 2 unspecified atom stereocenters. The molecular formula is C10H23BrNO2P. The van der Waals surface area contributed by atoms with Crippen LogP contribution < -0.4 is 0 Å². The Morgan fingerprint density at radius 3 is 2.67 bits per heavy atom. The minimum Gasteiger partial charge on any atom is -0.400 e. The molecule has 0 spiro atoms. The van der Waals surface area contributed by atoms with Crippen molar-refractivity contribution in [1.82, 2.24) is 4.67 Å². The zero-order chi connectivity index (χ0) is 11.7. The summed E-state index contributed by atoms with van der Waals surface area (Å²) >= 11 is 3.32. The van der Waals surface area contributed by atoms with Crippen molar-refractivity contribution in [3.05, 3.63) is 0 Å². The average molecular weight is 300 g/mol. The molecule has 0 aromatic heterocycles. The van der Waals surface area contributed by atoms with Crippen molar-refractivity contribution in [2.24, 2.45) is 0 Å². The zero-order valence-electron chi connectivity index (χ0n) is 9.62. The maximum atomic E-state index is 9.55. The molecule has 0 bridgehead atoms. The number of halogens is 1. The van der Waals surface area contributed by atoms with Crippen LogP contribution in [0.3, 0.4) is 0 Å². The van der Waals surface area contributed by atoms with E-state index in [-0.39, 0.29) is 6.10 Å². The minimum atomic E-state index is -0.165. The first-order chi connectivity index (χ1) is 7.27. The van der Waals surface area contributed by atoms with Gasteiger partial charge in [-0.3, -0.25) is 4.67 Å². The van der Waals surface area contributed by atoms with E-state index in [1.807, 2.05) is 0 Å². The van der Waals surface area contributed by atoms with Crippen molar-refractivity contribution < 1.29 is 10.2 Å². The predicted molar refractivity (Wildman–Crippen MR) is 71.1 cm³/mol. The highest BCUT2D eigenvalue weighted by molar-refractivity contribution is 9.09. The summed E-state index contributed by atoms with van der Waals surface area (Å²) in [5.74, 6) is 0. The van der Waals surface area contributed by atoms with Crippen molar-refractivity contribution >= 4 is 24.7 Å². The Morgan fingerprint density at radius 2 is 2.13 bits per heavy atom. The number of hydrogen-bond acceptors (Lipinski definition) is 3. The van der Waals surface area contributed by atoms with Crippen LogP contribution in [0.1, 0.15) is 25.7 Å². The molecule has 0 aromatic rings. The van der Waals surface area contributed by atoms with Crippen molar-refractivity contribution in [2.75, 3.05) is 25.6 Å². The number of nitrogens with zero attached hydrogens (tertiary/aromatic N) is 1. The second kappa shape index (κ2) is 9.98. The molecule has 1 rings (SSSR count). The van der Waals surface area contributed by atoms with Crippen LogP contribution in [0, 0.1) is 0 Å². The lowest BCUT2D eigenvalue weighted by Gasteiger charge is -2.35. The first-order valence-corrected chi connectivity index (χ1v) is 7.97. The summed E-state index contributed by atoms with van der Waals surface area (Å²) in [6.07, 6.45) is 4.71. The van der Waals surface area contributed by atoms with Crippen LogP contribution in [0.25, 0.3) is 0 Å². The lowest BCUT2D eigenvalue weighted by Crippen LogP contribution is -2.36. The van der Waals surface area contributed by atoms with E-state index in [2.05, 4.69) is 27.3 Å². The van der Waals surface area contributed by atoms with Crippen LogP contribution in [-0.4, -0.2) is 52.7 Å². The quantitative estimate of drug-likeness (QED) is 0.615. The molecular weight excluding hydrogens is 277 g/mol. The third kappa shape index (κ3) is 6.18. The van der Waals surface area contributed by atoms with E-state index in [9.17, 15) is 5.11 Å². The fourth-order valence-electron chi connectivity index (χ4n) is 1.92. The molecule has 3 nitrogen and oxygen atoms in total. The molecule has 0 aliphatic carbocycles. The predicted octanol–water partition coefficient (Wildman–Crippen LogP) is 1.82. The lowest BCUT2D eigenvalue weighted by molar-refractivity contribution is 0.139. The lowest BCUT2D eigenvalue weighted by atomic mass is 10.00. The SMILES string of the molecule is CO.CPN1CCCC[C@H]1CC(O)CBr. The highest BCUT2D eigenvalue weighted by Crippen LogP contribution is 2.29. The Bertz CT molecular complexity index is 151. The number of rotatable bonds is 4. The van der Waals surface area contributed by atoms with E-state index in [1.165, 1.54) is 25.8 Å². The molecule has 1 fully saturated rings. The van der Waals surface area contributed by atoms with Crippen LogP contribution in [0.4, 0.5) is 0 Å². The topological polar surface area (TPSA) is 43.7 Å². The van der Waals surface area contributed by atoms with Gasteiger partial charge in [-0.2, -0.15) is 0 Å². The van der Waals surface area contributed by atoms with Gasteiger partial charge in [0.15, 0.2) is 0 Å². The van der Waals surface area contributed by atoms with E-state index in [1.54, 1.807) is 0 Å². The van der Waals surface area contributed by atoms with E-state index in [4.69, 9.17) is 5.11 Å². The van der Waals surface area contributed by atoms with E-state index in [0.29, 0.717) is 11.4 Å². The maximum Gasteiger partial charge on any atom is 0.0652 e. The normalized spacial score (nSPS) is 25.0. The standard InChI is InChI=1S/C9H19BrNOP.CH4O/c1-13-11-5-3-2-4-8(11)6-9(12)7-10;1-2/h8-9,12-13H,2-7H2,1H3;2H,1H3/t8-,9?;/m0./s1. The number of aliphatic hydroxyl groups excluding tert-OH is 2. The minimum absolute atomic E-state index is 0.165. The van der Waals surface area contributed by atoms with Gasteiger partial charge in [0.1, 0.15) is 0 Å². The van der Waals surface area contributed by atoms with E-state index < -0.39 is 0 Å². The van der Waals surface area contributed by atoms with Crippen LogP contribution >= 0.6 is 24.7 Å². The molecule has 1 heterocycles. The summed E-state index contributed by atoms with van der Waals surface area (Å²) < 4.78 is 2.52. The molecule has 2 N–H and O–H groups in total. The molecule has 3 atom stereocenters. The second-order valence-corrected chi connectivity index (χ2v) is 5.28. The summed E-state index contributed by atoms with van der Waals surface area (Å²) in [7, 11) is 1.90. The summed E-state index contributed by atoms with van der Waals surface area (Å²) in [5, 5.41) is 17.3. The summed E-state index contributed by atoms with van der Waals surface area (Å²) in [6, 6.07) is 0.629. The van der Waals surface area contributed by atoms with Gasteiger partial charge in [-0.1, -0.05) is 31.1 Å². The van der Waals surface area contributed by atoms with Crippen molar-refractivity contribution in [3.63, 3.8) is 0 Å². The molecule has 0 saturated carbocycles. The molecule has 92 valence electrons. The fraction of sp³-hybridized carbons (Fsp3) is 1.00. The zero-order valence-corrected chi connectivity index (χ0v) is 12.2. The van der Waals surface area contributed by atoms with Gasteiger partial charge in [0.2, 0.25) is 0 Å². The molecule has 0 radical (unpaired) electrons. The molecule has 0 amide bonds. The summed E-state index contributed by atoms with van der Waals surface area (Å²) in [5.41, 5.74) is 0. The van der Waals surface area contributed by atoms with Gasteiger partial charge in [-0.05, 0) is 25.9 Å². The molecule has 15 heavy (non-hydrogen) atoms. The number of piperidine rings is 1. The smallest absolute Gasteiger partial charge is 0.0652 e. The largest absolute Gasteiger partial charge is 0.400 e. The van der Waals surface area contributed by atoms with Gasteiger partial charge in [0.25, 0.3) is 0 Å². The maximum absolute atomic E-state index is 9.55. The van der Waals surface area contributed by atoms with Gasteiger partial charge in [0, 0.05) is 25.0 Å². The molecule has 1 saturated heterocycles. The van der Waals surface area contributed by atoms with Crippen LogP contribution in [0.5, 0.6) is 0 Å². The van der Waals surface area contributed by atoms with Crippen LogP contribution in [0.2, 0.25) is 0 Å². The van der Waals surface area contributed by atoms with Crippen molar-refractivity contribution in [2.45, 2.75) is 37.8 Å². The fourth-order valence-corrected chi connectivity index (χ4v) is 3.16. The van der Waals surface area contributed by atoms with Gasteiger partial charge in [-0.15, -0.1) is 0 Å². The van der Waals surface area contributed by atoms with E-state index >= 15 is 0 Å². The molecule has 5 heteroatoms. The third-order valence-corrected chi connectivity index (χ3v) is 4.55. The summed E-state index contributed by atoms with van der Waals surface area (Å²) in [4.78, 5) is 0. The number of hydrogen-bond donors (Lipinski definition) is 2. The number of alkyl halides is 1. The number of aliphatic hydroxyl groups is 2. The molecule has 0 aromatic carbocycles. The van der Waals surface area contributed by atoms with Gasteiger partial charge in [0.05, 0.1) is 6.10 Å². The van der Waals surface area contributed by atoms with Gasteiger partial charge >= 0.3 is 0 Å². The molecule has 1 aliphatic rings. The average Bonchev–Trinajstić information content (AvgIpc) is 2.32. The Labute approximate surface area is 103 Å². The third-order valence-electron chi connectivity index (χ3n) is 2.64. The Hall–Kier alpha value is 0.790. The van der Waals surface area contributed by atoms with E-state index in [0.717, 1.165) is 22.3 Å². The first kappa shape index (κ1) is 15.8. The Kier molecular flexibility index (Phi) is 10.5. The first-order valence-electron chi connectivity index (χ1n) is 5.40. The van der Waals surface area contributed by atoms with Crippen molar-refractivity contribution in [1.29, 1.82) is 0 Å². The van der Waals surface area contributed by atoms with Crippen LogP contribution in [-0.2, 0) is 0 Å². The second-order valence-electron chi connectivity index (χ2n) is 3.61. The highest BCUT2D eigenvalue weighted by Gasteiger charge is 2.22. The monoisotopic (exact) mass is 299 g/mol. The molecule has 1 aliphatic heterocycles. The van der Waals surface area contributed by atoms with Gasteiger partial charge < -0.3 is 10.2 Å². The van der Waals surface area contributed by atoms with Gasteiger partial charge in [-0.25, -0.2) is 0 Å². The Morgan fingerprint density at radius 1 is 1.47 bits per heavy atom. The summed E-state index contributed by atoms with van der Waals surface area (Å²) in [6.45, 7) is 3.47. The highest BCUT2D eigenvalue weighted by atomic mass is 79.9. The van der Waals surface area contributed by atoms with Crippen molar-refractivity contribution in [3.8, 4) is 0 Å².